The van der Waals surface area contributed by atoms with Crippen LogP contribution in [0.5, 0.6) is 0 Å². The third kappa shape index (κ3) is 6.12. The molecule has 1 aliphatic heterocycles. The maximum Gasteiger partial charge on any atom is 0.331 e. The molecule has 1 aromatic rings. The van der Waals surface area contributed by atoms with Crippen molar-refractivity contribution in [2.45, 2.75) is 65.8 Å². The molecular formula is C21H30O3. The summed E-state index contributed by atoms with van der Waals surface area (Å²) in [6.07, 6.45) is 4.78. The Morgan fingerprint density at radius 3 is 2.54 bits per heavy atom. The van der Waals surface area contributed by atoms with Crippen LogP contribution < -0.4 is 0 Å². The van der Waals surface area contributed by atoms with Gasteiger partial charge in [0.25, 0.3) is 0 Å². The number of rotatable bonds is 6. The van der Waals surface area contributed by atoms with E-state index in [1.54, 1.807) is 6.08 Å². The summed E-state index contributed by atoms with van der Waals surface area (Å²) in [5.74, 6) is 0.789. The normalized spacial score (nSPS) is 23.0. The molecule has 0 bridgehead atoms. The van der Waals surface area contributed by atoms with Crippen molar-refractivity contribution in [2.24, 2.45) is 11.8 Å². The summed E-state index contributed by atoms with van der Waals surface area (Å²) < 4.78 is 11.6. The first-order valence-electron chi connectivity index (χ1n) is 8.99. The van der Waals surface area contributed by atoms with E-state index in [0.717, 1.165) is 30.4 Å². The summed E-state index contributed by atoms with van der Waals surface area (Å²) in [5.41, 5.74) is 2.16. The molecule has 2 rings (SSSR count). The number of carbonyl (C=O) groups is 1. The number of hydrogen-bond donors (Lipinski definition) is 0. The van der Waals surface area contributed by atoms with Gasteiger partial charge in [0, 0.05) is 6.08 Å². The van der Waals surface area contributed by atoms with E-state index in [9.17, 15) is 4.79 Å². The van der Waals surface area contributed by atoms with Crippen molar-refractivity contribution in [1.82, 2.24) is 0 Å². The SMILES string of the molecule is CC(C)C[C@@H]1C/C(=C/C(=O)OCc2ccccc2)C[C@H](C(C)C)O1. The Morgan fingerprint density at radius 1 is 1.21 bits per heavy atom. The molecule has 0 radical (unpaired) electrons. The van der Waals surface area contributed by atoms with E-state index in [2.05, 4.69) is 27.7 Å². The van der Waals surface area contributed by atoms with E-state index in [4.69, 9.17) is 9.47 Å². The Hall–Kier alpha value is -1.61. The third-order valence-electron chi connectivity index (χ3n) is 4.34. The van der Waals surface area contributed by atoms with E-state index >= 15 is 0 Å². The monoisotopic (exact) mass is 330 g/mol. The topological polar surface area (TPSA) is 35.5 Å². The minimum absolute atomic E-state index is 0.190. The fourth-order valence-electron chi connectivity index (χ4n) is 3.09. The number of hydrogen-bond acceptors (Lipinski definition) is 3. The van der Waals surface area contributed by atoms with Crippen molar-refractivity contribution < 1.29 is 14.3 Å². The number of benzene rings is 1. The Kier molecular flexibility index (Phi) is 7.04. The molecule has 1 aromatic carbocycles. The molecule has 2 atom stereocenters. The molecular weight excluding hydrogens is 300 g/mol. The van der Waals surface area contributed by atoms with Crippen molar-refractivity contribution in [3.8, 4) is 0 Å². The van der Waals surface area contributed by atoms with Crippen LogP contribution in [0, 0.1) is 11.8 Å². The highest BCUT2D eigenvalue weighted by Crippen LogP contribution is 2.31. The Balaban J connectivity index is 1.96. The highest BCUT2D eigenvalue weighted by Gasteiger charge is 2.28. The maximum absolute atomic E-state index is 12.2. The molecule has 1 fully saturated rings. The quantitative estimate of drug-likeness (QED) is 0.549. The zero-order chi connectivity index (χ0) is 17.5. The van der Waals surface area contributed by atoms with Crippen LogP contribution in [0.3, 0.4) is 0 Å². The lowest BCUT2D eigenvalue weighted by molar-refractivity contribution is -0.139. The molecule has 0 saturated carbocycles. The number of carbonyl (C=O) groups excluding carboxylic acids is 1. The molecule has 24 heavy (non-hydrogen) atoms. The number of ether oxygens (including phenoxy) is 2. The lowest BCUT2D eigenvalue weighted by atomic mass is 9.89. The third-order valence-corrected chi connectivity index (χ3v) is 4.34. The first-order chi connectivity index (χ1) is 11.4. The van der Waals surface area contributed by atoms with Crippen LogP contribution in [0.25, 0.3) is 0 Å². The molecule has 1 aliphatic rings. The van der Waals surface area contributed by atoms with Crippen LogP contribution in [0.4, 0.5) is 0 Å². The van der Waals surface area contributed by atoms with E-state index in [0.29, 0.717) is 18.4 Å². The van der Waals surface area contributed by atoms with E-state index in [1.807, 2.05) is 30.3 Å². The molecule has 0 aliphatic carbocycles. The average molecular weight is 330 g/mol. The van der Waals surface area contributed by atoms with Gasteiger partial charge in [-0.2, -0.15) is 0 Å². The van der Waals surface area contributed by atoms with Gasteiger partial charge in [0.2, 0.25) is 0 Å². The molecule has 0 aromatic heterocycles. The second-order valence-electron chi connectivity index (χ2n) is 7.47. The van der Waals surface area contributed by atoms with Crippen LogP contribution in [0.2, 0.25) is 0 Å². The van der Waals surface area contributed by atoms with Gasteiger partial charge in [-0.15, -0.1) is 0 Å². The van der Waals surface area contributed by atoms with E-state index in [-0.39, 0.29) is 18.2 Å². The second kappa shape index (κ2) is 9.03. The lowest BCUT2D eigenvalue weighted by Crippen LogP contribution is -2.33. The zero-order valence-electron chi connectivity index (χ0n) is 15.3. The van der Waals surface area contributed by atoms with Gasteiger partial charge in [0.15, 0.2) is 0 Å². The minimum Gasteiger partial charge on any atom is -0.458 e. The fraction of sp³-hybridized carbons (Fsp3) is 0.571. The van der Waals surface area contributed by atoms with Gasteiger partial charge < -0.3 is 9.47 Å². The predicted octanol–water partition coefficient (Wildman–Crippen LogP) is 4.91. The highest BCUT2D eigenvalue weighted by atomic mass is 16.5. The van der Waals surface area contributed by atoms with E-state index < -0.39 is 0 Å². The molecule has 0 unspecified atom stereocenters. The van der Waals surface area contributed by atoms with Crippen molar-refractivity contribution in [2.75, 3.05) is 0 Å². The van der Waals surface area contributed by atoms with Gasteiger partial charge in [-0.25, -0.2) is 4.79 Å². The Bertz CT molecular complexity index is 545. The average Bonchev–Trinajstić information content (AvgIpc) is 2.53. The summed E-state index contributed by atoms with van der Waals surface area (Å²) in [7, 11) is 0. The standard InChI is InChI=1S/C21H30O3/c1-15(2)10-19-11-18(12-20(24-19)16(3)4)13-21(22)23-14-17-8-6-5-7-9-17/h5-9,13,15-16,19-20H,10-12,14H2,1-4H3/b18-13-/t19-,20-/m1/s1. The van der Waals surface area contributed by atoms with Crippen LogP contribution in [-0.4, -0.2) is 18.2 Å². The van der Waals surface area contributed by atoms with Gasteiger partial charge in [-0.05, 0) is 36.7 Å². The first kappa shape index (κ1) is 18.7. The Morgan fingerprint density at radius 2 is 1.92 bits per heavy atom. The van der Waals surface area contributed by atoms with Crippen LogP contribution in [0.15, 0.2) is 42.0 Å². The lowest BCUT2D eigenvalue weighted by Gasteiger charge is -2.35. The second-order valence-corrected chi connectivity index (χ2v) is 7.47. The maximum atomic E-state index is 12.2. The molecule has 132 valence electrons. The first-order valence-corrected chi connectivity index (χ1v) is 8.99. The van der Waals surface area contributed by atoms with Gasteiger partial charge in [0.1, 0.15) is 6.61 Å². The molecule has 3 heteroatoms. The molecule has 0 spiro atoms. The van der Waals surface area contributed by atoms with Crippen molar-refractivity contribution in [3.63, 3.8) is 0 Å². The van der Waals surface area contributed by atoms with Gasteiger partial charge >= 0.3 is 5.97 Å². The fourth-order valence-corrected chi connectivity index (χ4v) is 3.09. The largest absolute Gasteiger partial charge is 0.458 e. The molecule has 3 nitrogen and oxygen atoms in total. The molecule has 1 saturated heterocycles. The Labute approximate surface area is 146 Å². The summed E-state index contributed by atoms with van der Waals surface area (Å²) >= 11 is 0. The summed E-state index contributed by atoms with van der Waals surface area (Å²) in [4.78, 5) is 12.2. The van der Waals surface area contributed by atoms with Crippen molar-refractivity contribution >= 4 is 5.97 Å². The van der Waals surface area contributed by atoms with Gasteiger partial charge in [0.05, 0.1) is 12.2 Å². The van der Waals surface area contributed by atoms with Crippen LogP contribution in [0.1, 0.15) is 52.5 Å². The predicted molar refractivity (Wildman–Crippen MR) is 96.5 cm³/mol. The minimum atomic E-state index is -0.249. The van der Waals surface area contributed by atoms with Gasteiger partial charge in [-0.1, -0.05) is 63.6 Å². The van der Waals surface area contributed by atoms with Crippen molar-refractivity contribution in [3.05, 3.63) is 47.5 Å². The van der Waals surface area contributed by atoms with E-state index in [1.165, 1.54) is 0 Å². The van der Waals surface area contributed by atoms with Crippen molar-refractivity contribution in [1.29, 1.82) is 0 Å². The summed E-state index contributed by atoms with van der Waals surface area (Å²) in [6.45, 7) is 9.09. The van der Waals surface area contributed by atoms with Crippen LogP contribution in [-0.2, 0) is 20.9 Å². The van der Waals surface area contributed by atoms with Crippen LogP contribution >= 0.6 is 0 Å². The zero-order valence-corrected chi connectivity index (χ0v) is 15.3. The highest BCUT2D eigenvalue weighted by molar-refractivity contribution is 5.82. The molecule has 0 amide bonds. The van der Waals surface area contributed by atoms with Gasteiger partial charge in [-0.3, -0.25) is 0 Å². The smallest absolute Gasteiger partial charge is 0.331 e. The molecule has 1 heterocycles. The molecule has 0 N–H and O–H groups in total. The summed E-state index contributed by atoms with van der Waals surface area (Å²) in [6, 6.07) is 9.77. The summed E-state index contributed by atoms with van der Waals surface area (Å²) in [5, 5.41) is 0. The number of esters is 1.